The summed E-state index contributed by atoms with van der Waals surface area (Å²) in [5.74, 6) is 2.51. The third-order valence-corrected chi connectivity index (χ3v) is 6.03. The predicted octanol–water partition coefficient (Wildman–Crippen LogP) is 5.91. The van der Waals surface area contributed by atoms with Gasteiger partial charge < -0.3 is 18.6 Å². The van der Waals surface area contributed by atoms with Crippen LogP contribution in [0.4, 0.5) is 0 Å². The number of hydrogen-bond acceptors (Lipinski definition) is 6. The summed E-state index contributed by atoms with van der Waals surface area (Å²) in [7, 11) is 1.60. The van der Waals surface area contributed by atoms with Gasteiger partial charge in [0.15, 0.2) is 0 Å². The third-order valence-electron chi connectivity index (χ3n) is 5.66. The second-order valence-corrected chi connectivity index (χ2v) is 8.27. The molecular formula is C26H22ClNO5. The Morgan fingerprint density at radius 2 is 1.79 bits per heavy atom. The fraction of sp³-hybridized carbons (Fsp3) is 0.192. The summed E-state index contributed by atoms with van der Waals surface area (Å²) >= 11 is 6.33. The molecule has 5 rings (SSSR count). The number of hydrogen-bond donors (Lipinski definition) is 0. The Balaban J connectivity index is 1.48. The molecule has 6 nitrogen and oxygen atoms in total. The van der Waals surface area contributed by atoms with Crippen LogP contribution in [0.2, 0.25) is 5.02 Å². The molecule has 0 N–H and O–H groups in total. The van der Waals surface area contributed by atoms with Crippen LogP contribution in [0.15, 0.2) is 69.9 Å². The van der Waals surface area contributed by atoms with E-state index in [0.717, 1.165) is 11.1 Å². The molecule has 168 valence electrons. The zero-order valence-corrected chi connectivity index (χ0v) is 19.0. The van der Waals surface area contributed by atoms with Crippen LogP contribution in [-0.2, 0) is 13.1 Å². The maximum atomic E-state index is 13.3. The lowest BCUT2D eigenvalue weighted by Gasteiger charge is -2.29. The lowest BCUT2D eigenvalue weighted by atomic mass is 10.1. The van der Waals surface area contributed by atoms with Crippen molar-refractivity contribution in [1.29, 1.82) is 0 Å². The molecule has 0 saturated carbocycles. The molecule has 33 heavy (non-hydrogen) atoms. The van der Waals surface area contributed by atoms with Crippen molar-refractivity contribution in [3.05, 3.63) is 92.8 Å². The highest BCUT2D eigenvalue weighted by Gasteiger charge is 2.24. The Hall–Kier alpha value is -3.48. The second kappa shape index (κ2) is 8.81. The first-order valence-electron chi connectivity index (χ1n) is 10.5. The molecule has 0 fully saturated rings. The monoisotopic (exact) mass is 463 g/mol. The van der Waals surface area contributed by atoms with Crippen LogP contribution < -0.4 is 19.6 Å². The molecule has 0 unspecified atom stereocenters. The van der Waals surface area contributed by atoms with E-state index in [0.29, 0.717) is 58.8 Å². The highest BCUT2D eigenvalue weighted by molar-refractivity contribution is 6.31. The van der Waals surface area contributed by atoms with Gasteiger partial charge in [-0.25, -0.2) is 0 Å². The Kier molecular flexibility index (Phi) is 5.70. The Labute approximate surface area is 195 Å². The van der Waals surface area contributed by atoms with Crippen molar-refractivity contribution in [1.82, 2.24) is 4.90 Å². The van der Waals surface area contributed by atoms with Gasteiger partial charge >= 0.3 is 0 Å². The minimum atomic E-state index is -0.226. The van der Waals surface area contributed by atoms with E-state index in [1.54, 1.807) is 44.4 Å². The molecule has 0 amide bonds. The average Bonchev–Trinajstić information content (AvgIpc) is 2.83. The summed E-state index contributed by atoms with van der Waals surface area (Å²) in [5, 5.41) is 1.16. The summed E-state index contributed by atoms with van der Waals surface area (Å²) < 4.78 is 23.1. The van der Waals surface area contributed by atoms with Gasteiger partial charge in [0.05, 0.1) is 18.1 Å². The smallest absolute Gasteiger partial charge is 0.235 e. The third kappa shape index (κ3) is 4.15. The summed E-state index contributed by atoms with van der Waals surface area (Å²) in [5.41, 5.74) is 2.14. The molecule has 1 aromatic heterocycles. The zero-order chi connectivity index (χ0) is 22.9. The quantitative estimate of drug-likeness (QED) is 0.367. The van der Waals surface area contributed by atoms with Crippen molar-refractivity contribution in [2.24, 2.45) is 0 Å². The highest BCUT2D eigenvalue weighted by Crippen LogP contribution is 2.35. The minimum Gasteiger partial charge on any atom is -0.497 e. The summed E-state index contributed by atoms with van der Waals surface area (Å²) in [6.07, 6.45) is 0. The largest absolute Gasteiger partial charge is 0.497 e. The minimum absolute atomic E-state index is 0.164. The van der Waals surface area contributed by atoms with Crippen molar-refractivity contribution in [2.45, 2.75) is 20.0 Å². The molecule has 0 radical (unpaired) electrons. The number of methoxy groups -OCH3 is 1. The Morgan fingerprint density at radius 1 is 1.03 bits per heavy atom. The predicted molar refractivity (Wildman–Crippen MR) is 126 cm³/mol. The molecule has 2 heterocycles. The molecule has 1 aliphatic rings. The van der Waals surface area contributed by atoms with Gasteiger partial charge in [0.25, 0.3) is 0 Å². The van der Waals surface area contributed by atoms with Gasteiger partial charge in [-0.15, -0.1) is 0 Å². The van der Waals surface area contributed by atoms with E-state index in [9.17, 15) is 4.79 Å². The van der Waals surface area contributed by atoms with Crippen LogP contribution >= 0.6 is 11.6 Å². The summed E-state index contributed by atoms with van der Waals surface area (Å²) in [6, 6.07) is 18.3. The highest BCUT2D eigenvalue weighted by atomic mass is 35.5. The SMILES string of the molecule is COc1ccc(Oc2c(C)oc3c4c(ccc3c2=O)OCN(Cc2ccccc2Cl)C4)cc1. The van der Waals surface area contributed by atoms with Gasteiger partial charge in [-0.1, -0.05) is 29.8 Å². The van der Waals surface area contributed by atoms with Crippen LogP contribution in [0, 0.1) is 6.92 Å². The van der Waals surface area contributed by atoms with E-state index in [4.69, 9.17) is 30.2 Å². The molecule has 1 aliphatic heterocycles. The number of halogens is 1. The normalized spacial score (nSPS) is 13.4. The average molecular weight is 464 g/mol. The van der Waals surface area contributed by atoms with Crippen LogP contribution in [0.5, 0.6) is 23.0 Å². The Bertz CT molecular complexity index is 1380. The first-order chi connectivity index (χ1) is 16.0. The van der Waals surface area contributed by atoms with E-state index in [1.165, 1.54) is 0 Å². The fourth-order valence-electron chi connectivity index (χ4n) is 3.95. The molecule has 0 bridgehead atoms. The lowest BCUT2D eigenvalue weighted by molar-refractivity contribution is 0.0890. The van der Waals surface area contributed by atoms with Crippen LogP contribution in [0.25, 0.3) is 11.0 Å². The lowest BCUT2D eigenvalue weighted by Crippen LogP contribution is -2.32. The van der Waals surface area contributed by atoms with E-state index in [-0.39, 0.29) is 11.2 Å². The maximum absolute atomic E-state index is 13.3. The second-order valence-electron chi connectivity index (χ2n) is 7.86. The standard InChI is InChI=1S/C26H22ClNO5/c1-16-25(33-19-9-7-18(30-2)8-10-19)24(29)20-11-12-23-21(26(20)32-16)14-28(15-31-23)13-17-5-3-4-6-22(17)27/h3-12H,13-15H2,1-2H3. The molecule has 0 atom stereocenters. The number of rotatable bonds is 5. The number of ether oxygens (including phenoxy) is 3. The molecule has 3 aromatic carbocycles. The van der Waals surface area contributed by atoms with Crippen molar-refractivity contribution >= 4 is 22.6 Å². The van der Waals surface area contributed by atoms with Gasteiger partial charge in [-0.2, -0.15) is 0 Å². The zero-order valence-electron chi connectivity index (χ0n) is 18.3. The van der Waals surface area contributed by atoms with Crippen molar-refractivity contribution in [3.8, 4) is 23.0 Å². The van der Waals surface area contributed by atoms with Gasteiger partial charge in [0, 0.05) is 18.1 Å². The van der Waals surface area contributed by atoms with E-state index in [1.807, 2.05) is 30.3 Å². The molecular weight excluding hydrogens is 442 g/mol. The van der Waals surface area contributed by atoms with Gasteiger partial charge in [-0.3, -0.25) is 9.69 Å². The molecule has 0 saturated heterocycles. The molecule has 7 heteroatoms. The van der Waals surface area contributed by atoms with Crippen molar-refractivity contribution < 1.29 is 18.6 Å². The first kappa shape index (κ1) is 21.4. The van der Waals surface area contributed by atoms with E-state index in [2.05, 4.69) is 4.90 Å². The first-order valence-corrected chi connectivity index (χ1v) is 10.9. The number of nitrogens with zero attached hydrogens (tertiary/aromatic N) is 1. The van der Waals surface area contributed by atoms with Crippen LogP contribution in [0.3, 0.4) is 0 Å². The molecule has 0 spiro atoms. The Morgan fingerprint density at radius 3 is 2.55 bits per heavy atom. The summed E-state index contributed by atoms with van der Waals surface area (Å²) in [6.45, 7) is 3.34. The topological polar surface area (TPSA) is 61.1 Å². The van der Waals surface area contributed by atoms with Crippen molar-refractivity contribution in [3.63, 3.8) is 0 Å². The van der Waals surface area contributed by atoms with E-state index < -0.39 is 0 Å². The number of benzene rings is 3. The number of fused-ring (bicyclic) bond motifs is 3. The van der Waals surface area contributed by atoms with Gasteiger partial charge in [0.2, 0.25) is 11.2 Å². The maximum Gasteiger partial charge on any atom is 0.235 e. The van der Waals surface area contributed by atoms with Crippen LogP contribution in [0.1, 0.15) is 16.9 Å². The van der Waals surface area contributed by atoms with Gasteiger partial charge in [-0.05, 0) is 55.0 Å². The van der Waals surface area contributed by atoms with Crippen LogP contribution in [-0.4, -0.2) is 18.7 Å². The fourth-order valence-corrected chi connectivity index (χ4v) is 4.15. The van der Waals surface area contributed by atoms with Gasteiger partial charge in [0.1, 0.15) is 35.3 Å². The molecule has 4 aromatic rings. The molecule has 0 aliphatic carbocycles. The summed E-state index contributed by atoms with van der Waals surface area (Å²) in [4.78, 5) is 15.4. The number of aryl methyl sites for hydroxylation is 1. The van der Waals surface area contributed by atoms with E-state index >= 15 is 0 Å². The van der Waals surface area contributed by atoms with Crippen molar-refractivity contribution in [2.75, 3.05) is 13.8 Å².